The van der Waals surface area contributed by atoms with Gasteiger partial charge in [-0.3, -0.25) is 4.79 Å². The van der Waals surface area contributed by atoms with Crippen LogP contribution >= 0.6 is 27.7 Å². The number of carbonyl (C=O) groups is 1. The van der Waals surface area contributed by atoms with E-state index in [1.165, 1.54) is 5.56 Å². The molecule has 2 aromatic carbocycles. The molecule has 1 nitrogen and oxygen atoms in total. The number of hydrogen-bond donors (Lipinski definition) is 0. The Balaban J connectivity index is 2.04. The predicted octanol–water partition coefficient (Wildman–Crippen LogP) is 4.94. The van der Waals surface area contributed by atoms with E-state index in [2.05, 4.69) is 28.1 Å². The first kappa shape index (κ1) is 13.4. The summed E-state index contributed by atoms with van der Waals surface area (Å²) >= 11 is 5.17. The summed E-state index contributed by atoms with van der Waals surface area (Å²) in [6.45, 7) is 1.60. The zero-order chi connectivity index (χ0) is 13.0. The van der Waals surface area contributed by atoms with Crippen molar-refractivity contribution in [3.63, 3.8) is 0 Å². The minimum Gasteiger partial charge on any atom is -0.295 e. The molecule has 18 heavy (non-hydrogen) atoms. The normalized spacial score (nSPS) is 10.3. The molecule has 92 valence electrons. The van der Waals surface area contributed by atoms with E-state index >= 15 is 0 Å². The van der Waals surface area contributed by atoms with E-state index in [0.717, 1.165) is 20.7 Å². The van der Waals surface area contributed by atoms with Crippen LogP contribution in [-0.4, -0.2) is 5.78 Å². The highest BCUT2D eigenvalue weighted by molar-refractivity contribution is 9.10. The van der Waals surface area contributed by atoms with Gasteiger partial charge in [-0.15, -0.1) is 11.8 Å². The van der Waals surface area contributed by atoms with Gasteiger partial charge in [-0.05, 0) is 36.8 Å². The summed E-state index contributed by atoms with van der Waals surface area (Å²) in [4.78, 5) is 12.4. The molecule has 0 aromatic heterocycles. The molecule has 2 aromatic rings. The van der Waals surface area contributed by atoms with Crippen molar-refractivity contribution in [1.82, 2.24) is 0 Å². The van der Waals surface area contributed by atoms with Gasteiger partial charge in [0.1, 0.15) is 0 Å². The summed E-state index contributed by atoms with van der Waals surface area (Å²) in [6.07, 6.45) is 0. The van der Waals surface area contributed by atoms with Crippen LogP contribution in [0.5, 0.6) is 0 Å². The van der Waals surface area contributed by atoms with Crippen LogP contribution in [0.2, 0.25) is 0 Å². The molecule has 2 rings (SSSR count). The number of thioether (sulfide) groups is 1. The summed E-state index contributed by atoms with van der Waals surface area (Å²) < 4.78 is 1.09. The third-order valence-electron chi connectivity index (χ3n) is 2.56. The molecule has 0 heterocycles. The fraction of sp³-hybridized carbons (Fsp3) is 0.133. The first-order valence-electron chi connectivity index (χ1n) is 5.63. The lowest BCUT2D eigenvalue weighted by Crippen LogP contribution is -1.91. The second-order valence-corrected chi connectivity index (χ2v) is 5.96. The number of carbonyl (C=O) groups excluding carboxylic acids is 1. The van der Waals surface area contributed by atoms with Gasteiger partial charge in [-0.1, -0.05) is 40.2 Å². The lowest BCUT2D eigenvalue weighted by Gasteiger charge is -2.04. The SMILES string of the molecule is CC(=O)c1cccc(SCc2ccc(Br)cc2)c1. The second kappa shape index (κ2) is 6.21. The topological polar surface area (TPSA) is 17.1 Å². The summed E-state index contributed by atoms with van der Waals surface area (Å²) in [6, 6.07) is 16.1. The van der Waals surface area contributed by atoms with Crippen molar-refractivity contribution in [2.24, 2.45) is 0 Å². The van der Waals surface area contributed by atoms with Crippen molar-refractivity contribution >= 4 is 33.5 Å². The Labute approximate surface area is 120 Å². The van der Waals surface area contributed by atoms with Gasteiger partial charge in [0.15, 0.2) is 5.78 Å². The summed E-state index contributed by atoms with van der Waals surface area (Å²) in [5.41, 5.74) is 2.05. The van der Waals surface area contributed by atoms with E-state index in [1.54, 1.807) is 18.7 Å². The Morgan fingerprint density at radius 2 is 1.89 bits per heavy atom. The van der Waals surface area contributed by atoms with Crippen molar-refractivity contribution in [3.05, 3.63) is 64.1 Å². The van der Waals surface area contributed by atoms with E-state index in [4.69, 9.17) is 0 Å². The van der Waals surface area contributed by atoms with Crippen LogP contribution < -0.4 is 0 Å². The van der Waals surface area contributed by atoms with Gasteiger partial charge < -0.3 is 0 Å². The zero-order valence-electron chi connectivity index (χ0n) is 10.0. The molecule has 0 radical (unpaired) electrons. The molecule has 0 bridgehead atoms. The molecule has 0 atom stereocenters. The largest absolute Gasteiger partial charge is 0.295 e. The molecule has 0 amide bonds. The van der Waals surface area contributed by atoms with Gasteiger partial charge in [0.05, 0.1) is 0 Å². The first-order chi connectivity index (χ1) is 8.65. The van der Waals surface area contributed by atoms with E-state index in [0.29, 0.717) is 0 Å². The fourth-order valence-corrected chi connectivity index (χ4v) is 2.73. The molecule has 3 heteroatoms. The molecular formula is C15H13BrOS. The van der Waals surface area contributed by atoms with E-state index < -0.39 is 0 Å². The fourth-order valence-electron chi connectivity index (χ4n) is 1.55. The Morgan fingerprint density at radius 1 is 1.17 bits per heavy atom. The maximum atomic E-state index is 11.3. The molecule has 0 unspecified atom stereocenters. The van der Waals surface area contributed by atoms with Crippen LogP contribution in [-0.2, 0) is 5.75 Å². The average Bonchev–Trinajstić information content (AvgIpc) is 2.38. The highest BCUT2D eigenvalue weighted by Crippen LogP contribution is 2.24. The Bertz CT molecular complexity index is 549. The third kappa shape index (κ3) is 3.72. The van der Waals surface area contributed by atoms with Gasteiger partial charge in [0, 0.05) is 20.7 Å². The summed E-state index contributed by atoms with van der Waals surface area (Å²) in [5, 5.41) is 0. The van der Waals surface area contributed by atoms with E-state index in [-0.39, 0.29) is 5.78 Å². The molecule has 0 N–H and O–H groups in total. The lowest BCUT2D eigenvalue weighted by molar-refractivity contribution is 0.101. The maximum absolute atomic E-state index is 11.3. The quantitative estimate of drug-likeness (QED) is 0.586. The first-order valence-corrected chi connectivity index (χ1v) is 7.41. The van der Waals surface area contributed by atoms with Gasteiger partial charge in [0.25, 0.3) is 0 Å². The number of rotatable bonds is 4. The van der Waals surface area contributed by atoms with Crippen molar-refractivity contribution in [1.29, 1.82) is 0 Å². The van der Waals surface area contributed by atoms with E-state index in [1.807, 2.05) is 36.4 Å². The molecular weight excluding hydrogens is 308 g/mol. The van der Waals surface area contributed by atoms with Gasteiger partial charge in [-0.2, -0.15) is 0 Å². The molecule has 0 aliphatic heterocycles. The highest BCUT2D eigenvalue weighted by atomic mass is 79.9. The second-order valence-electron chi connectivity index (χ2n) is 4.00. The lowest BCUT2D eigenvalue weighted by atomic mass is 10.2. The standard InChI is InChI=1S/C15H13BrOS/c1-11(17)13-3-2-4-15(9-13)18-10-12-5-7-14(16)8-6-12/h2-9H,10H2,1H3. The third-order valence-corrected chi connectivity index (χ3v) is 4.15. The molecule has 0 fully saturated rings. The number of benzene rings is 2. The Kier molecular flexibility index (Phi) is 4.61. The van der Waals surface area contributed by atoms with Crippen LogP contribution in [0, 0.1) is 0 Å². The van der Waals surface area contributed by atoms with Gasteiger partial charge >= 0.3 is 0 Å². The Morgan fingerprint density at radius 3 is 2.56 bits per heavy atom. The van der Waals surface area contributed by atoms with Crippen LogP contribution in [0.15, 0.2) is 57.9 Å². The highest BCUT2D eigenvalue weighted by Gasteiger charge is 2.01. The zero-order valence-corrected chi connectivity index (χ0v) is 12.4. The van der Waals surface area contributed by atoms with Crippen molar-refractivity contribution < 1.29 is 4.79 Å². The number of hydrogen-bond acceptors (Lipinski definition) is 2. The van der Waals surface area contributed by atoms with Crippen LogP contribution in [0.1, 0.15) is 22.8 Å². The number of halogens is 1. The maximum Gasteiger partial charge on any atom is 0.159 e. The molecule has 0 saturated carbocycles. The van der Waals surface area contributed by atoms with Crippen molar-refractivity contribution in [2.75, 3.05) is 0 Å². The minimum absolute atomic E-state index is 0.112. The van der Waals surface area contributed by atoms with E-state index in [9.17, 15) is 4.79 Å². The van der Waals surface area contributed by atoms with Crippen molar-refractivity contribution in [3.8, 4) is 0 Å². The van der Waals surface area contributed by atoms with Crippen LogP contribution in [0.4, 0.5) is 0 Å². The average molecular weight is 321 g/mol. The Hall–Kier alpha value is -1.06. The molecule has 0 aliphatic rings. The minimum atomic E-state index is 0.112. The van der Waals surface area contributed by atoms with Crippen LogP contribution in [0.25, 0.3) is 0 Å². The van der Waals surface area contributed by atoms with Gasteiger partial charge in [-0.25, -0.2) is 0 Å². The van der Waals surface area contributed by atoms with Crippen molar-refractivity contribution in [2.45, 2.75) is 17.6 Å². The predicted molar refractivity (Wildman–Crippen MR) is 80.1 cm³/mol. The summed E-state index contributed by atoms with van der Waals surface area (Å²) in [5.74, 6) is 1.02. The molecule has 0 saturated heterocycles. The number of Topliss-reactive ketones (excluding diaryl/α,β-unsaturated/α-hetero) is 1. The molecule has 0 spiro atoms. The summed E-state index contributed by atoms with van der Waals surface area (Å²) in [7, 11) is 0. The smallest absolute Gasteiger partial charge is 0.159 e. The molecule has 0 aliphatic carbocycles. The van der Waals surface area contributed by atoms with Crippen LogP contribution in [0.3, 0.4) is 0 Å². The monoisotopic (exact) mass is 320 g/mol. The number of ketones is 1. The van der Waals surface area contributed by atoms with Gasteiger partial charge in [0.2, 0.25) is 0 Å².